The summed E-state index contributed by atoms with van der Waals surface area (Å²) in [7, 11) is 0. The summed E-state index contributed by atoms with van der Waals surface area (Å²) in [6.07, 6.45) is -14.6. The lowest BCUT2D eigenvalue weighted by Gasteiger charge is -2.45. The zero-order valence-electron chi connectivity index (χ0n) is 28.1. The Bertz CT molecular complexity index is 2080. The first-order valence-electron chi connectivity index (χ1n) is 16.3. The average Bonchev–Trinajstić information content (AvgIpc) is 3.14. The summed E-state index contributed by atoms with van der Waals surface area (Å²) in [5, 5.41) is 103. The van der Waals surface area contributed by atoms with Gasteiger partial charge in [-0.15, -0.1) is 0 Å². The van der Waals surface area contributed by atoms with Crippen LogP contribution in [0.3, 0.4) is 0 Å². The maximum Gasteiger partial charge on any atom is 0.330 e. The molecule has 10 atom stereocenters. The predicted octanol–water partition coefficient (Wildman–Crippen LogP) is 0.283. The first-order valence-corrected chi connectivity index (χ1v) is 16.3. The maximum absolute atomic E-state index is 13.0. The van der Waals surface area contributed by atoms with Gasteiger partial charge in [0.15, 0.2) is 29.7 Å². The van der Waals surface area contributed by atoms with Crippen molar-refractivity contribution in [3.8, 4) is 45.8 Å². The summed E-state index contributed by atoms with van der Waals surface area (Å²) in [5.41, 5.74) is -0.687. The average molecular weight is 757 g/mol. The lowest BCUT2D eigenvalue weighted by Crippen LogP contribution is -2.64. The van der Waals surface area contributed by atoms with Crippen molar-refractivity contribution >= 4 is 23.0 Å². The number of fused-ring (bicyclic) bond motifs is 1. The fourth-order valence-corrected chi connectivity index (χ4v) is 5.86. The molecule has 3 heterocycles. The first-order chi connectivity index (χ1) is 25.6. The highest BCUT2D eigenvalue weighted by molar-refractivity contribution is 5.88. The van der Waals surface area contributed by atoms with E-state index in [9.17, 15) is 60.7 Å². The lowest BCUT2D eigenvalue weighted by atomic mass is 9.97. The molecular formula is C36H36O18. The lowest BCUT2D eigenvalue weighted by molar-refractivity contribution is -0.355. The fourth-order valence-electron chi connectivity index (χ4n) is 5.86. The zero-order valence-corrected chi connectivity index (χ0v) is 28.1. The number of carbonyl (C=O) groups excluding carboxylic acids is 1. The van der Waals surface area contributed by atoms with Crippen LogP contribution in [0.2, 0.25) is 0 Å². The van der Waals surface area contributed by atoms with E-state index in [0.717, 1.165) is 18.2 Å². The van der Waals surface area contributed by atoms with Crippen LogP contribution in [0.5, 0.6) is 34.5 Å². The minimum atomic E-state index is -1.96. The Morgan fingerprint density at radius 2 is 1.50 bits per heavy atom. The van der Waals surface area contributed by atoms with Crippen LogP contribution < -0.4 is 10.2 Å². The van der Waals surface area contributed by atoms with Gasteiger partial charge >= 0.3 is 5.97 Å². The smallest absolute Gasteiger partial charge is 0.330 e. The SMILES string of the molecule is C[C@@H]1O[C@@H](Oc2cc(O)c3c(=O)c(O)c(-c4ccc(O)cc4)oc3c2)[C@H](O[C@@H]2O[C@H](COC(=O)/C=C/c3ccc(O)c(O)c3)[C@@H](O)[C@H](O)[C@H]2O)[C@H](O)[C@H]1O. The van der Waals surface area contributed by atoms with Gasteiger partial charge in [0.25, 0.3) is 0 Å². The number of phenols is 4. The highest BCUT2D eigenvalue weighted by Crippen LogP contribution is 2.37. The largest absolute Gasteiger partial charge is 0.508 e. The summed E-state index contributed by atoms with van der Waals surface area (Å²) in [6, 6.07) is 11.3. The van der Waals surface area contributed by atoms with Crippen molar-refractivity contribution in [2.24, 2.45) is 0 Å². The molecule has 0 spiro atoms. The number of benzene rings is 3. The Labute approximate surface area is 304 Å². The number of aliphatic hydroxyl groups excluding tert-OH is 5. The Hall–Kier alpha value is -5.44. The molecule has 3 aromatic carbocycles. The first kappa shape index (κ1) is 38.3. The highest BCUT2D eigenvalue weighted by Gasteiger charge is 2.51. The Kier molecular flexibility index (Phi) is 11.0. The summed E-state index contributed by atoms with van der Waals surface area (Å²) in [5.74, 6) is -3.81. The van der Waals surface area contributed by atoms with Crippen LogP contribution in [0.4, 0.5) is 0 Å². The Morgan fingerprint density at radius 1 is 0.778 bits per heavy atom. The molecule has 2 fully saturated rings. The van der Waals surface area contributed by atoms with Gasteiger partial charge in [0.1, 0.15) is 71.4 Å². The minimum Gasteiger partial charge on any atom is -0.508 e. The van der Waals surface area contributed by atoms with Gasteiger partial charge in [0.05, 0.1) is 6.10 Å². The van der Waals surface area contributed by atoms with Gasteiger partial charge in [0, 0.05) is 23.8 Å². The maximum atomic E-state index is 13.0. The van der Waals surface area contributed by atoms with Crippen LogP contribution in [-0.2, 0) is 23.7 Å². The molecule has 0 amide bonds. The van der Waals surface area contributed by atoms with Gasteiger partial charge < -0.3 is 79.2 Å². The molecule has 1 aromatic heterocycles. The van der Waals surface area contributed by atoms with Crippen molar-refractivity contribution in [3.05, 3.63) is 76.5 Å². The quantitative estimate of drug-likeness (QED) is 0.0623. The van der Waals surface area contributed by atoms with E-state index < -0.39 is 102 Å². The van der Waals surface area contributed by atoms with Crippen molar-refractivity contribution in [2.75, 3.05) is 6.61 Å². The predicted molar refractivity (Wildman–Crippen MR) is 181 cm³/mol. The molecule has 4 aromatic rings. The molecule has 288 valence electrons. The van der Waals surface area contributed by atoms with Crippen molar-refractivity contribution in [2.45, 2.75) is 68.3 Å². The molecule has 0 bridgehead atoms. The standard InChI is InChI=1S/C36H36O18/c1-14-26(42)30(46)34(54-35-32(48)29(45)27(43)23(53-35)13-49-24(41)9-3-15-2-8-19(38)20(39)10-15)36(50-14)51-18-11-21(40)25-22(12-18)52-33(31(47)28(25)44)16-4-6-17(37)7-5-16/h2-12,14,23,26-27,29-30,32,34-40,42-43,45-48H,13H2,1H3/b9-3+/t14-,23+,26-,27+,29-,30+,32+,34+,35-,36-/m0/s1. The third kappa shape index (κ3) is 7.77. The van der Waals surface area contributed by atoms with Crippen LogP contribution in [0.25, 0.3) is 28.4 Å². The third-order valence-corrected chi connectivity index (χ3v) is 8.85. The third-order valence-electron chi connectivity index (χ3n) is 8.85. The minimum absolute atomic E-state index is 0.0879. The van der Waals surface area contributed by atoms with Crippen LogP contribution in [0.15, 0.2) is 69.9 Å². The second-order valence-electron chi connectivity index (χ2n) is 12.6. The fraction of sp³-hybridized carbons (Fsp3) is 0.333. The van der Waals surface area contributed by atoms with E-state index in [-0.39, 0.29) is 34.2 Å². The number of hydrogen-bond acceptors (Lipinski definition) is 18. The molecule has 0 aliphatic carbocycles. The molecule has 10 N–H and O–H groups in total. The number of phenolic OH excluding ortho intramolecular Hbond substituents is 4. The number of ether oxygens (including phenoxy) is 5. The molecule has 18 nitrogen and oxygen atoms in total. The van der Waals surface area contributed by atoms with Gasteiger partial charge in [0.2, 0.25) is 17.5 Å². The zero-order chi connectivity index (χ0) is 39.0. The monoisotopic (exact) mass is 756 g/mol. The van der Waals surface area contributed by atoms with E-state index in [1.165, 1.54) is 55.5 Å². The van der Waals surface area contributed by atoms with Gasteiger partial charge in [-0.05, 0) is 55.0 Å². The summed E-state index contributed by atoms with van der Waals surface area (Å²) >= 11 is 0. The molecular weight excluding hydrogens is 720 g/mol. The molecule has 0 radical (unpaired) electrons. The van der Waals surface area contributed by atoms with Gasteiger partial charge in [-0.2, -0.15) is 0 Å². The van der Waals surface area contributed by atoms with E-state index in [1.54, 1.807) is 0 Å². The van der Waals surface area contributed by atoms with E-state index in [0.29, 0.717) is 5.56 Å². The number of rotatable bonds is 9. The van der Waals surface area contributed by atoms with Gasteiger partial charge in [-0.25, -0.2) is 4.79 Å². The molecule has 2 aliphatic heterocycles. The van der Waals surface area contributed by atoms with E-state index in [1.807, 2.05) is 0 Å². The van der Waals surface area contributed by atoms with Crippen molar-refractivity contribution < 1.29 is 84.0 Å². The van der Waals surface area contributed by atoms with Crippen molar-refractivity contribution in [1.29, 1.82) is 0 Å². The van der Waals surface area contributed by atoms with E-state index in [2.05, 4.69) is 0 Å². The van der Waals surface area contributed by atoms with Crippen molar-refractivity contribution in [1.82, 2.24) is 0 Å². The van der Waals surface area contributed by atoms with E-state index in [4.69, 9.17) is 28.1 Å². The molecule has 0 unspecified atom stereocenters. The number of aliphatic hydroxyl groups is 5. The second kappa shape index (κ2) is 15.5. The normalized spacial score (nSPS) is 28.6. The van der Waals surface area contributed by atoms with Crippen molar-refractivity contribution in [3.63, 3.8) is 0 Å². The summed E-state index contributed by atoms with van der Waals surface area (Å²) in [4.78, 5) is 25.4. The van der Waals surface area contributed by atoms with Crippen LogP contribution in [0, 0.1) is 0 Å². The topological polar surface area (TPSA) is 296 Å². The van der Waals surface area contributed by atoms with Crippen LogP contribution >= 0.6 is 0 Å². The molecule has 2 aliphatic rings. The molecule has 6 rings (SSSR count). The Balaban J connectivity index is 1.21. The molecule has 2 saturated heterocycles. The summed E-state index contributed by atoms with van der Waals surface area (Å²) in [6.45, 7) is 0.737. The second-order valence-corrected chi connectivity index (χ2v) is 12.6. The number of carbonyl (C=O) groups is 1. The highest BCUT2D eigenvalue weighted by atomic mass is 16.8. The van der Waals surface area contributed by atoms with Crippen LogP contribution in [-0.4, -0.2) is 125 Å². The molecule has 18 heteroatoms. The number of hydrogen-bond donors (Lipinski definition) is 10. The number of esters is 1. The number of aromatic hydroxyl groups is 5. The van der Waals surface area contributed by atoms with Gasteiger partial charge in [-0.1, -0.05) is 6.07 Å². The Morgan fingerprint density at radius 3 is 2.20 bits per heavy atom. The molecule has 0 saturated carbocycles. The van der Waals surface area contributed by atoms with E-state index >= 15 is 0 Å². The van der Waals surface area contributed by atoms with Gasteiger partial charge in [-0.3, -0.25) is 4.79 Å². The molecule has 54 heavy (non-hydrogen) atoms. The summed E-state index contributed by atoms with van der Waals surface area (Å²) < 4.78 is 33.9. The van der Waals surface area contributed by atoms with Crippen LogP contribution in [0.1, 0.15) is 12.5 Å².